The molecule has 0 aliphatic rings. The van der Waals surface area contributed by atoms with Gasteiger partial charge in [0.15, 0.2) is 0 Å². The highest BCUT2D eigenvalue weighted by Crippen LogP contribution is 2.26. The van der Waals surface area contributed by atoms with E-state index in [2.05, 4.69) is 15.9 Å². The van der Waals surface area contributed by atoms with Gasteiger partial charge >= 0.3 is 0 Å². The van der Waals surface area contributed by atoms with Crippen molar-refractivity contribution in [2.75, 3.05) is 21.1 Å². The van der Waals surface area contributed by atoms with Gasteiger partial charge in [0.2, 0.25) is 10.0 Å². The largest absolute Gasteiger partial charge is 0.337 e. The molecular formula is C17H17BrClFN2O3S. The topological polar surface area (TPSA) is 57.7 Å². The normalized spacial score (nSPS) is 11.7. The minimum absolute atomic E-state index is 0.0225. The smallest absolute Gasteiger partial charge is 0.253 e. The molecule has 0 atom stereocenters. The molecule has 0 fully saturated rings. The van der Waals surface area contributed by atoms with Crippen LogP contribution in [0.5, 0.6) is 0 Å². The van der Waals surface area contributed by atoms with Crippen molar-refractivity contribution in [3.05, 3.63) is 62.8 Å². The Kier molecular flexibility index (Phi) is 6.44. The van der Waals surface area contributed by atoms with Gasteiger partial charge in [0.05, 0.1) is 4.90 Å². The lowest BCUT2D eigenvalue weighted by atomic mass is 10.1. The maximum Gasteiger partial charge on any atom is 0.253 e. The van der Waals surface area contributed by atoms with E-state index in [9.17, 15) is 17.6 Å². The predicted molar refractivity (Wildman–Crippen MR) is 102 cm³/mol. The second-order valence-electron chi connectivity index (χ2n) is 5.79. The van der Waals surface area contributed by atoms with Gasteiger partial charge in [-0.25, -0.2) is 17.1 Å². The molecule has 0 bridgehead atoms. The summed E-state index contributed by atoms with van der Waals surface area (Å²) in [5, 5.41) is 0.219. The molecule has 0 aliphatic heterocycles. The van der Waals surface area contributed by atoms with Crippen molar-refractivity contribution < 1.29 is 17.6 Å². The molecule has 2 aromatic rings. The molecule has 0 aromatic heterocycles. The number of carbonyl (C=O) groups excluding carboxylic acids is 1. The summed E-state index contributed by atoms with van der Waals surface area (Å²) in [6, 6.07) is 8.58. The Hall–Kier alpha value is -1.48. The van der Waals surface area contributed by atoms with E-state index < -0.39 is 21.7 Å². The zero-order chi connectivity index (χ0) is 19.6. The minimum atomic E-state index is -3.73. The lowest BCUT2D eigenvalue weighted by molar-refractivity contribution is 0.0783. The minimum Gasteiger partial charge on any atom is -0.337 e. The van der Waals surface area contributed by atoms with Crippen LogP contribution < -0.4 is 0 Å². The molecule has 26 heavy (non-hydrogen) atoms. The number of nitrogens with zero attached hydrogens (tertiary/aromatic N) is 2. The molecule has 0 radical (unpaired) electrons. The van der Waals surface area contributed by atoms with Crippen LogP contribution >= 0.6 is 27.5 Å². The number of hydrogen-bond acceptors (Lipinski definition) is 3. The molecular weight excluding hydrogens is 447 g/mol. The van der Waals surface area contributed by atoms with Crippen LogP contribution in [0.25, 0.3) is 0 Å². The molecule has 9 heteroatoms. The van der Waals surface area contributed by atoms with E-state index in [1.54, 1.807) is 6.07 Å². The number of benzene rings is 2. The van der Waals surface area contributed by atoms with Gasteiger partial charge in [0.1, 0.15) is 5.82 Å². The van der Waals surface area contributed by atoms with Crippen LogP contribution in [0.1, 0.15) is 15.9 Å². The highest BCUT2D eigenvalue weighted by atomic mass is 79.9. The molecule has 0 unspecified atom stereocenters. The fraction of sp³-hybridized carbons (Fsp3) is 0.235. The highest BCUT2D eigenvalue weighted by Gasteiger charge is 2.23. The molecule has 2 rings (SSSR count). The van der Waals surface area contributed by atoms with Crippen LogP contribution in [0, 0.1) is 5.82 Å². The van der Waals surface area contributed by atoms with Crippen molar-refractivity contribution in [3.8, 4) is 0 Å². The maximum absolute atomic E-state index is 13.9. The van der Waals surface area contributed by atoms with Crippen LogP contribution in [0.2, 0.25) is 5.02 Å². The van der Waals surface area contributed by atoms with Crippen molar-refractivity contribution in [1.82, 2.24) is 9.21 Å². The van der Waals surface area contributed by atoms with Crippen molar-refractivity contribution in [1.29, 1.82) is 0 Å². The molecule has 0 saturated heterocycles. The molecule has 2 aromatic carbocycles. The summed E-state index contributed by atoms with van der Waals surface area (Å²) in [6.07, 6.45) is 0. The van der Waals surface area contributed by atoms with Gasteiger partial charge in [-0.05, 0) is 46.3 Å². The predicted octanol–water partition coefficient (Wildman–Crippen LogP) is 3.76. The third kappa shape index (κ3) is 4.25. The lowest BCUT2D eigenvalue weighted by Gasteiger charge is -2.20. The van der Waals surface area contributed by atoms with Crippen molar-refractivity contribution >= 4 is 43.5 Å². The Balaban J connectivity index is 2.35. The third-order valence-electron chi connectivity index (χ3n) is 3.74. The van der Waals surface area contributed by atoms with Crippen LogP contribution in [0.15, 0.2) is 45.8 Å². The molecule has 0 saturated carbocycles. The standard InChI is InChI=1S/C17H17BrClFN2O3S/c1-21(2)26(24,25)16-9-11(7-8-13(16)18)17(23)22(3)10-12-14(19)5-4-6-15(12)20/h4-9H,10H2,1-3H3. The number of carbonyl (C=O) groups is 1. The lowest BCUT2D eigenvalue weighted by Crippen LogP contribution is -2.28. The van der Waals surface area contributed by atoms with Crippen LogP contribution in [0.4, 0.5) is 4.39 Å². The monoisotopic (exact) mass is 462 g/mol. The molecule has 1 amide bonds. The third-order valence-corrected chi connectivity index (χ3v) is 6.90. The quantitative estimate of drug-likeness (QED) is 0.678. The van der Waals surface area contributed by atoms with Crippen LogP contribution in [-0.4, -0.2) is 44.7 Å². The van der Waals surface area contributed by atoms with Crippen LogP contribution in [-0.2, 0) is 16.6 Å². The second-order valence-corrected chi connectivity index (χ2v) is 9.18. The van der Waals surface area contributed by atoms with Gasteiger partial charge in [-0.1, -0.05) is 17.7 Å². The summed E-state index contributed by atoms with van der Waals surface area (Å²) < 4.78 is 40.1. The summed E-state index contributed by atoms with van der Waals surface area (Å²) in [6.45, 7) is -0.0455. The zero-order valence-corrected chi connectivity index (χ0v) is 17.5. The Morgan fingerprint density at radius 1 is 1.19 bits per heavy atom. The van der Waals surface area contributed by atoms with E-state index in [1.165, 1.54) is 56.4 Å². The summed E-state index contributed by atoms with van der Waals surface area (Å²) in [5.74, 6) is -0.962. The summed E-state index contributed by atoms with van der Waals surface area (Å²) in [5.41, 5.74) is 0.367. The first-order valence-corrected chi connectivity index (χ1v) is 10.1. The van der Waals surface area contributed by atoms with E-state index >= 15 is 0 Å². The number of amides is 1. The van der Waals surface area contributed by atoms with E-state index in [-0.39, 0.29) is 27.6 Å². The van der Waals surface area contributed by atoms with Crippen molar-refractivity contribution in [3.63, 3.8) is 0 Å². The highest BCUT2D eigenvalue weighted by molar-refractivity contribution is 9.10. The van der Waals surface area contributed by atoms with Gasteiger partial charge in [-0.15, -0.1) is 0 Å². The average molecular weight is 464 g/mol. The van der Waals surface area contributed by atoms with Gasteiger partial charge in [0.25, 0.3) is 5.91 Å². The Bertz CT molecular complexity index is 931. The van der Waals surface area contributed by atoms with Gasteiger partial charge < -0.3 is 4.90 Å². The van der Waals surface area contributed by atoms with Gasteiger partial charge in [-0.3, -0.25) is 4.79 Å². The first-order chi connectivity index (χ1) is 12.1. The number of hydrogen-bond donors (Lipinski definition) is 0. The molecule has 0 aliphatic carbocycles. The van der Waals surface area contributed by atoms with Crippen molar-refractivity contribution in [2.45, 2.75) is 11.4 Å². The van der Waals surface area contributed by atoms with Gasteiger partial charge in [0, 0.05) is 48.3 Å². The number of halogens is 3. The number of sulfonamides is 1. The summed E-state index contributed by atoms with van der Waals surface area (Å²) in [4.78, 5) is 13.9. The average Bonchev–Trinajstić information content (AvgIpc) is 2.57. The fourth-order valence-electron chi connectivity index (χ4n) is 2.24. The second kappa shape index (κ2) is 8.04. The van der Waals surface area contributed by atoms with Gasteiger partial charge in [-0.2, -0.15) is 0 Å². The Labute approximate surface area is 165 Å². The SMILES string of the molecule is CN(Cc1c(F)cccc1Cl)C(=O)c1ccc(Br)c(S(=O)(=O)N(C)C)c1. The first kappa shape index (κ1) is 20.8. The van der Waals surface area contributed by atoms with E-state index in [1.807, 2.05) is 0 Å². The molecule has 140 valence electrons. The van der Waals surface area contributed by atoms with Crippen molar-refractivity contribution in [2.24, 2.45) is 0 Å². The summed E-state index contributed by atoms with van der Waals surface area (Å²) >= 11 is 9.19. The zero-order valence-electron chi connectivity index (χ0n) is 14.3. The van der Waals surface area contributed by atoms with Crippen LogP contribution in [0.3, 0.4) is 0 Å². The maximum atomic E-state index is 13.9. The summed E-state index contributed by atoms with van der Waals surface area (Å²) in [7, 11) is 0.577. The number of rotatable bonds is 5. The molecule has 0 spiro atoms. The van der Waals surface area contributed by atoms with E-state index in [0.29, 0.717) is 4.47 Å². The van der Waals surface area contributed by atoms with E-state index in [4.69, 9.17) is 11.6 Å². The first-order valence-electron chi connectivity index (χ1n) is 7.46. The Morgan fingerprint density at radius 2 is 1.85 bits per heavy atom. The van der Waals surface area contributed by atoms with E-state index in [0.717, 1.165) is 4.31 Å². The molecule has 0 N–H and O–H groups in total. The Morgan fingerprint density at radius 3 is 2.42 bits per heavy atom. The molecule has 5 nitrogen and oxygen atoms in total. The fourth-order valence-corrected chi connectivity index (χ4v) is 4.31. The molecule has 0 heterocycles.